The number of rotatable bonds is 9. The third-order valence-electron chi connectivity index (χ3n) is 8.23. The van der Waals surface area contributed by atoms with E-state index in [1.165, 1.54) is 0 Å². The van der Waals surface area contributed by atoms with Crippen molar-refractivity contribution in [1.29, 1.82) is 0 Å². The van der Waals surface area contributed by atoms with Gasteiger partial charge in [-0.2, -0.15) is 4.39 Å². The number of anilines is 2. The van der Waals surface area contributed by atoms with Gasteiger partial charge in [-0.15, -0.1) is 0 Å². The number of hydrogen-bond acceptors (Lipinski definition) is 9. The molecular formula is C31H34F2N6O4. The molecule has 2 aliphatic rings. The van der Waals surface area contributed by atoms with Crippen LogP contribution < -0.4 is 25.5 Å². The van der Waals surface area contributed by atoms with Gasteiger partial charge in [-0.1, -0.05) is 0 Å². The van der Waals surface area contributed by atoms with E-state index in [9.17, 15) is 13.6 Å². The van der Waals surface area contributed by atoms with Crippen LogP contribution in [0.3, 0.4) is 0 Å². The predicted octanol–water partition coefficient (Wildman–Crippen LogP) is 3.91. The Kier molecular flexibility index (Phi) is 8.13. The molecule has 2 aliphatic heterocycles. The Balaban J connectivity index is 1.41. The molecule has 1 saturated heterocycles. The first-order valence-corrected chi connectivity index (χ1v) is 14.2. The summed E-state index contributed by atoms with van der Waals surface area (Å²) in [6.07, 6.45) is 7.08. The fourth-order valence-corrected chi connectivity index (χ4v) is 6.10. The lowest BCUT2D eigenvalue weighted by Crippen LogP contribution is -2.48. The van der Waals surface area contributed by atoms with Gasteiger partial charge in [-0.05, 0) is 42.7 Å². The monoisotopic (exact) mass is 592 g/mol. The number of nitrogen functional groups attached to an aromatic ring is 1. The molecule has 226 valence electrons. The van der Waals surface area contributed by atoms with E-state index in [4.69, 9.17) is 19.9 Å². The maximum Gasteiger partial charge on any atom is 0.213 e. The Bertz CT molecular complexity index is 1680. The molecule has 43 heavy (non-hydrogen) atoms. The second-order valence-electron chi connectivity index (χ2n) is 11.0. The highest BCUT2D eigenvalue weighted by Gasteiger charge is 2.31. The molecule has 6 rings (SSSR count). The molecule has 2 atom stereocenters. The summed E-state index contributed by atoms with van der Waals surface area (Å²) in [7, 11) is 3.14. The van der Waals surface area contributed by atoms with E-state index in [0.717, 1.165) is 36.7 Å². The fourth-order valence-electron chi connectivity index (χ4n) is 6.10. The number of pyridine rings is 3. The third kappa shape index (κ3) is 5.72. The van der Waals surface area contributed by atoms with Crippen molar-refractivity contribution >= 4 is 22.4 Å². The minimum absolute atomic E-state index is 0.0699. The summed E-state index contributed by atoms with van der Waals surface area (Å²) in [6.45, 7) is 2.75. The summed E-state index contributed by atoms with van der Waals surface area (Å²) >= 11 is 0. The van der Waals surface area contributed by atoms with Crippen molar-refractivity contribution in [1.82, 2.24) is 19.4 Å². The minimum Gasteiger partial charge on any atom is -0.486 e. The summed E-state index contributed by atoms with van der Waals surface area (Å²) in [5.74, 6) is -1.50. The summed E-state index contributed by atoms with van der Waals surface area (Å²) in [5.41, 5.74) is 8.13. The molecule has 0 spiro atoms. The SMILES string of the molecule is COCC1COc2c(F)c(F)cc3c(=O)c(CN(Cc4ccnc(OC)c4)C4CCCN(c5ccc(N)nc5)C4)cn1c23. The number of benzene rings is 1. The van der Waals surface area contributed by atoms with Gasteiger partial charge in [-0.3, -0.25) is 9.69 Å². The maximum atomic E-state index is 14.8. The van der Waals surface area contributed by atoms with E-state index in [2.05, 4.69) is 19.8 Å². The zero-order valence-corrected chi connectivity index (χ0v) is 24.1. The molecule has 12 heteroatoms. The van der Waals surface area contributed by atoms with Crippen molar-refractivity contribution in [3.05, 3.63) is 81.9 Å². The van der Waals surface area contributed by atoms with Crippen LogP contribution in [0.15, 0.2) is 53.7 Å². The lowest BCUT2D eigenvalue weighted by molar-refractivity contribution is 0.114. The van der Waals surface area contributed by atoms with Gasteiger partial charge in [0.05, 0.1) is 42.5 Å². The molecule has 2 unspecified atom stereocenters. The van der Waals surface area contributed by atoms with E-state index >= 15 is 0 Å². The number of halogens is 2. The molecule has 0 amide bonds. The van der Waals surface area contributed by atoms with E-state index in [1.54, 1.807) is 43.4 Å². The number of piperidine rings is 1. The van der Waals surface area contributed by atoms with E-state index in [0.29, 0.717) is 30.4 Å². The van der Waals surface area contributed by atoms with Gasteiger partial charge in [0.25, 0.3) is 0 Å². The Morgan fingerprint density at radius 2 is 2.02 bits per heavy atom. The second kappa shape index (κ2) is 12.1. The number of ether oxygens (including phenoxy) is 3. The van der Waals surface area contributed by atoms with Crippen LogP contribution in [-0.4, -0.2) is 66.0 Å². The normalized spacial score (nSPS) is 18.2. The number of aromatic nitrogens is 3. The summed E-state index contributed by atoms with van der Waals surface area (Å²) in [6, 6.07) is 8.29. The van der Waals surface area contributed by atoms with E-state index in [1.807, 2.05) is 18.2 Å². The highest BCUT2D eigenvalue weighted by molar-refractivity contribution is 5.86. The van der Waals surface area contributed by atoms with Gasteiger partial charge < -0.3 is 29.4 Å². The first-order chi connectivity index (χ1) is 20.9. The minimum atomic E-state index is -1.12. The van der Waals surface area contributed by atoms with Gasteiger partial charge >= 0.3 is 0 Å². The molecule has 4 aromatic rings. The van der Waals surface area contributed by atoms with Gasteiger partial charge in [0.1, 0.15) is 12.4 Å². The Morgan fingerprint density at radius 3 is 2.79 bits per heavy atom. The van der Waals surface area contributed by atoms with Gasteiger partial charge in [0, 0.05) is 63.4 Å². The quantitative estimate of drug-likeness (QED) is 0.310. The molecule has 1 aromatic carbocycles. The predicted molar refractivity (Wildman–Crippen MR) is 158 cm³/mol. The van der Waals surface area contributed by atoms with Crippen LogP contribution in [0.5, 0.6) is 11.6 Å². The number of methoxy groups -OCH3 is 2. The smallest absolute Gasteiger partial charge is 0.213 e. The highest BCUT2D eigenvalue weighted by atomic mass is 19.2. The topological polar surface area (TPSA) is 108 Å². The van der Waals surface area contributed by atoms with Gasteiger partial charge in [0.15, 0.2) is 17.0 Å². The van der Waals surface area contributed by atoms with Crippen LogP contribution in [0.1, 0.15) is 30.0 Å². The van der Waals surface area contributed by atoms with Crippen LogP contribution in [0.25, 0.3) is 10.9 Å². The summed E-state index contributed by atoms with van der Waals surface area (Å²) in [4.78, 5) is 26.9. The third-order valence-corrected chi connectivity index (χ3v) is 8.23. The van der Waals surface area contributed by atoms with Crippen molar-refractivity contribution in [3.8, 4) is 11.6 Å². The van der Waals surface area contributed by atoms with Crippen LogP contribution >= 0.6 is 0 Å². The molecule has 0 aliphatic carbocycles. The van der Waals surface area contributed by atoms with E-state index < -0.39 is 11.6 Å². The largest absolute Gasteiger partial charge is 0.486 e. The average Bonchev–Trinajstić information content (AvgIpc) is 3.02. The van der Waals surface area contributed by atoms with E-state index in [-0.39, 0.29) is 53.9 Å². The molecule has 10 nitrogen and oxygen atoms in total. The Hall–Kier alpha value is -4.29. The highest BCUT2D eigenvalue weighted by Crippen LogP contribution is 2.36. The lowest BCUT2D eigenvalue weighted by atomic mass is 10.0. The first-order valence-electron chi connectivity index (χ1n) is 14.2. The molecule has 0 radical (unpaired) electrons. The zero-order chi connectivity index (χ0) is 30.1. The number of nitrogens with zero attached hydrogens (tertiary/aromatic N) is 5. The Morgan fingerprint density at radius 1 is 1.16 bits per heavy atom. The Labute approximate surface area is 247 Å². The van der Waals surface area contributed by atoms with Crippen molar-refractivity contribution in [2.75, 3.05) is 51.2 Å². The molecule has 1 fully saturated rings. The first kappa shape index (κ1) is 28.8. The molecule has 2 N–H and O–H groups in total. The van der Waals surface area contributed by atoms with Crippen LogP contribution in [-0.2, 0) is 17.8 Å². The number of nitrogens with two attached hydrogens (primary N) is 1. The van der Waals surface area contributed by atoms with Crippen molar-refractivity contribution in [2.24, 2.45) is 0 Å². The lowest BCUT2D eigenvalue weighted by Gasteiger charge is -2.40. The summed E-state index contributed by atoms with van der Waals surface area (Å²) < 4.78 is 47.6. The molecule has 5 heterocycles. The van der Waals surface area contributed by atoms with Crippen molar-refractivity contribution in [2.45, 2.75) is 38.0 Å². The van der Waals surface area contributed by atoms with Gasteiger partial charge in [-0.25, -0.2) is 14.4 Å². The standard InChI is InChI=1S/C31H34F2N6O4/c1-41-17-23-18-43-31-28(33)25(32)11-24-29(31)39(23)15-20(30(24)40)14-38(13-19-7-8-35-27(10-19)42-2)22-4-3-9-37(16-22)21-5-6-26(34)36-12-21/h5-8,10-12,15,22-23H,3-4,9,13-14,16-18H2,1-2H3,(H2,34,36). The number of hydrogen-bond donors (Lipinski definition) is 1. The summed E-state index contributed by atoms with van der Waals surface area (Å²) in [5, 5.41) is 0.0796. The fraction of sp³-hybridized carbons (Fsp3) is 0.387. The molecule has 3 aromatic heterocycles. The van der Waals surface area contributed by atoms with Crippen LogP contribution in [0, 0.1) is 11.6 Å². The van der Waals surface area contributed by atoms with Gasteiger partial charge in [0.2, 0.25) is 11.7 Å². The molecule has 0 saturated carbocycles. The zero-order valence-electron chi connectivity index (χ0n) is 24.1. The van der Waals surface area contributed by atoms with Crippen molar-refractivity contribution < 1.29 is 23.0 Å². The molecule has 0 bridgehead atoms. The van der Waals surface area contributed by atoms with Crippen LogP contribution in [0.2, 0.25) is 0 Å². The van der Waals surface area contributed by atoms with Crippen LogP contribution in [0.4, 0.5) is 20.3 Å². The second-order valence-corrected chi connectivity index (χ2v) is 11.0. The van der Waals surface area contributed by atoms with Crippen molar-refractivity contribution in [3.63, 3.8) is 0 Å². The average molecular weight is 593 g/mol. The molecular weight excluding hydrogens is 558 g/mol. The maximum absolute atomic E-state index is 14.8.